The number of aliphatic carboxylic acids is 1. The Morgan fingerprint density at radius 1 is 1.15 bits per heavy atom. The van der Waals surface area contributed by atoms with E-state index in [1.54, 1.807) is 0 Å². The first-order chi connectivity index (χ1) is 9.69. The Morgan fingerprint density at radius 2 is 2.00 bits per heavy atom. The average molecular weight is 283 g/mol. The molecule has 0 aromatic carbocycles. The highest BCUT2D eigenvalue weighted by molar-refractivity contribution is 5.79. The van der Waals surface area contributed by atoms with Gasteiger partial charge >= 0.3 is 5.97 Å². The molecule has 0 radical (unpaired) electrons. The molecule has 2 aliphatic rings. The minimum atomic E-state index is -0.630. The summed E-state index contributed by atoms with van der Waals surface area (Å²) < 4.78 is 0. The number of nitrogens with zero attached hydrogens (tertiary/aromatic N) is 2. The fourth-order valence-electron chi connectivity index (χ4n) is 3.65. The SMILES string of the molecule is CCCN1CCCC(C(=O)O)(N2CCCNCC2)CC1. The van der Waals surface area contributed by atoms with E-state index in [1.165, 1.54) is 0 Å². The van der Waals surface area contributed by atoms with Crippen LogP contribution < -0.4 is 5.32 Å². The number of likely N-dealkylation sites (tertiary alicyclic amines) is 1. The van der Waals surface area contributed by atoms with E-state index in [0.717, 1.165) is 77.9 Å². The van der Waals surface area contributed by atoms with Gasteiger partial charge in [0.2, 0.25) is 0 Å². The first-order valence-electron chi connectivity index (χ1n) is 8.10. The van der Waals surface area contributed by atoms with Crippen LogP contribution in [0.4, 0.5) is 0 Å². The standard InChI is InChI=1S/C15H29N3O2/c1-2-9-17-10-3-5-15(6-12-17,14(19)20)18-11-4-7-16-8-13-18/h16H,2-13H2,1H3,(H,19,20). The van der Waals surface area contributed by atoms with E-state index in [1.807, 2.05) is 0 Å². The second-order valence-electron chi connectivity index (χ2n) is 6.12. The summed E-state index contributed by atoms with van der Waals surface area (Å²) in [6, 6.07) is 0. The Kier molecular flexibility index (Phi) is 5.81. The molecular formula is C15H29N3O2. The monoisotopic (exact) mass is 283 g/mol. The number of rotatable bonds is 4. The van der Waals surface area contributed by atoms with Crippen LogP contribution in [0, 0.1) is 0 Å². The second kappa shape index (κ2) is 7.38. The maximum Gasteiger partial charge on any atom is 0.324 e. The normalized spacial score (nSPS) is 30.6. The van der Waals surface area contributed by atoms with Gasteiger partial charge in [-0.3, -0.25) is 9.69 Å². The molecule has 0 aromatic rings. The van der Waals surface area contributed by atoms with Gasteiger partial charge in [-0.15, -0.1) is 0 Å². The van der Waals surface area contributed by atoms with Crippen LogP contribution in [0.2, 0.25) is 0 Å². The highest BCUT2D eigenvalue weighted by Gasteiger charge is 2.44. The van der Waals surface area contributed by atoms with Crippen LogP contribution in [-0.4, -0.2) is 72.2 Å². The van der Waals surface area contributed by atoms with Crippen LogP contribution in [0.25, 0.3) is 0 Å². The summed E-state index contributed by atoms with van der Waals surface area (Å²) in [6.45, 7) is 8.95. The van der Waals surface area contributed by atoms with E-state index in [9.17, 15) is 9.90 Å². The third-order valence-corrected chi connectivity index (χ3v) is 4.79. The fraction of sp³-hybridized carbons (Fsp3) is 0.933. The van der Waals surface area contributed by atoms with Gasteiger partial charge < -0.3 is 15.3 Å². The molecule has 0 saturated carbocycles. The van der Waals surface area contributed by atoms with Crippen LogP contribution in [0.5, 0.6) is 0 Å². The number of hydrogen-bond donors (Lipinski definition) is 2. The summed E-state index contributed by atoms with van der Waals surface area (Å²) in [4.78, 5) is 16.7. The van der Waals surface area contributed by atoms with E-state index in [2.05, 4.69) is 22.0 Å². The molecule has 2 aliphatic heterocycles. The molecule has 0 aliphatic carbocycles. The maximum absolute atomic E-state index is 12.0. The fourth-order valence-corrected chi connectivity index (χ4v) is 3.65. The molecule has 5 nitrogen and oxygen atoms in total. The van der Waals surface area contributed by atoms with Crippen molar-refractivity contribution in [3.8, 4) is 0 Å². The van der Waals surface area contributed by atoms with Gasteiger partial charge in [0.05, 0.1) is 0 Å². The smallest absolute Gasteiger partial charge is 0.324 e. The van der Waals surface area contributed by atoms with E-state index in [4.69, 9.17) is 0 Å². The number of nitrogens with one attached hydrogen (secondary N) is 1. The van der Waals surface area contributed by atoms with Gasteiger partial charge in [0.15, 0.2) is 0 Å². The summed E-state index contributed by atoms with van der Waals surface area (Å²) in [5, 5.41) is 13.3. The lowest BCUT2D eigenvalue weighted by Gasteiger charge is -2.39. The van der Waals surface area contributed by atoms with Crippen molar-refractivity contribution in [3.05, 3.63) is 0 Å². The first-order valence-corrected chi connectivity index (χ1v) is 8.10. The van der Waals surface area contributed by atoms with E-state index in [0.29, 0.717) is 0 Å². The van der Waals surface area contributed by atoms with Crippen LogP contribution >= 0.6 is 0 Å². The van der Waals surface area contributed by atoms with Gasteiger partial charge in [-0.25, -0.2) is 0 Å². The summed E-state index contributed by atoms with van der Waals surface area (Å²) in [5.41, 5.74) is -0.630. The Hall–Kier alpha value is -0.650. The molecular weight excluding hydrogens is 254 g/mol. The van der Waals surface area contributed by atoms with Gasteiger partial charge in [0.1, 0.15) is 5.54 Å². The molecule has 2 heterocycles. The minimum absolute atomic E-state index is 0.613. The maximum atomic E-state index is 12.0. The van der Waals surface area contributed by atoms with Crippen molar-refractivity contribution in [3.63, 3.8) is 0 Å². The van der Waals surface area contributed by atoms with E-state index in [-0.39, 0.29) is 0 Å². The highest BCUT2D eigenvalue weighted by atomic mass is 16.4. The van der Waals surface area contributed by atoms with Crippen molar-refractivity contribution < 1.29 is 9.90 Å². The van der Waals surface area contributed by atoms with Gasteiger partial charge in [0.25, 0.3) is 0 Å². The van der Waals surface area contributed by atoms with Crippen molar-refractivity contribution in [2.24, 2.45) is 0 Å². The molecule has 2 fully saturated rings. The van der Waals surface area contributed by atoms with Crippen molar-refractivity contribution >= 4 is 5.97 Å². The quantitative estimate of drug-likeness (QED) is 0.806. The third kappa shape index (κ3) is 3.51. The van der Waals surface area contributed by atoms with Crippen molar-refractivity contribution in [1.82, 2.24) is 15.1 Å². The van der Waals surface area contributed by atoms with E-state index < -0.39 is 11.5 Å². The zero-order valence-electron chi connectivity index (χ0n) is 12.7. The molecule has 0 spiro atoms. The van der Waals surface area contributed by atoms with Crippen LogP contribution in [0.15, 0.2) is 0 Å². The van der Waals surface area contributed by atoms with E-state index >= 15 is 0 Å². The molecule has 1 unspecified atom stereocenters. The zero-order chi connectivity index (χ0) is 14.4. The molecule has 20 heavy (non-hydrogen) atoms. The zero-order valence-corrected chi connectivity index (χ0v) is 12.7. The van der Waals surface area contributed by atoms with Crippen molar-refractivity contribution in [1.29, 1.82) is 0 Å². The topological polar surface area (TPSA) is 55.8 Å². The van der Waals surface area contributed by atoms with Crippen molar-refractivity contribution in [2.75, 3.05) is 45.8 Å². The molecule has 0 bridgehead atoms. The molecule has 116 valence electrons. The lowest BCUT2D eigenvalue weighted by atomic mass is 9.88. The highest BCUT2D eigenvalue weighted by Crippen LogP contribution is 2.30. The number of hydrogen-bond acceptors (Lipinski definition) is 4. The molecule has 0 amide bonds. The van der Waals surface area contributed by atoms with Crippen LogP contribution in [-0.2, 0) is 4.79 Å². The first kappa shape index (κ1) is 15.7. The average Bonchev–Trinajstić information content (AvgIpc) is 2.80. The van der Waals surface area contributed by atoms with Gasteiger partial charge in [-0.05, 0) is 51.7 Å². The molecule has 2 saturated heterocycles. The van der Waals surface area contributed by atoms with Gasteiger partial charge in [0, 0.05) is 26.2 Å². The second-order valence-corrected chi connectivity index (χ2v) is 6.12. The number of carbonyl (C=O) groups is 1. The summed E-state index contributed by atoms with van der Waals surface area (Å²) in [5.74, 6) is -0.613. The third-order valence-electron chi connectivity index (χ3n) is 4.79. The largest absolute Gasteiger partial charge is 0.480 e. The number of carboxylic acid groups (broad SMARTS) is 1. The molecule has 2 N–H and O–H groups in total. The summed E-state index contributed by atoms with van der Waals surface area (Å²) in [7, 11) is 0. The lowest BCUT2D eigenvalue weighted by molar-refractivity contribution is -0.152. The Balaban J connectivity index is 2.10. The molecule has 2 rings (SSSR count). The Morgan fingerprint density at radius 3 is 2.75 bits per heavy atom. The van der Waals surface area contributed by atoms with Gasteiger partial charge in [-0.2, -0.15) is 0 Å². The van der Waals surface area contributed by atoms with Crippen LogP contribution in [0.3, 0.4) is 0 Å². The molecule has 1 atom stereocenters. The van der Waals surface area contributed by atoms with Gasteiger partial charge in [-0.1, -0.05) is 6.92 Å². The molecule has 0 aromatic heterocycles. The minimum Gasteiger partial charge on any atom is -0.480 e. The Labute approximate surface area is 122 Å². The van der Waals surface area contributed by atoms with Crippen LogP contribution in [0.1, 0.15) is 39.0 Å². The summed E-state index contributed by atoms with van der Waals surface area (Å²) >= 11 is 0. The predicted octanol–water partition coefficient (Wildman–Crippen LogP) is 1.00. The molecule has 5 heteroatoms. The van der Waals surface area contributed by atoms with Crippen molar-refractivity contribution in [2.45, 2.75) is 44.6 Å². The lowest BCUT2D eigenvalue weighted by Crippen LogP contribution is -2.56. The predicted molar refractivity (Wildman–Crippen MR) is 80.0 cm³/mol. The Bertz CT molecular complexity index is 316. The summed E-state index contributed by atoms with van der Waals surface area (Å²) in [6.07, 6.45) is 4.75. The number of carboxylic acids is 1.